The van der Waals surface area contributed by atoms with Crippen molar-refractivity contribution in [1.29, 1.82) is 0 Å². The van der Waals surface area contributed by atoms with Gasteiger partial charge < -0.3 is 15.4 Å². The lowest BCUT2D eigenvalue weighted by Crippen LogP contribution is -2.45. The van der Waals surface area contributed by atoms with Crippen LogP contribution >= 0.6 is 0 Å². The van der Waals surface area contributed by atoms with Gasteiger partial charge in [0.05, 0.1) is 6.10 Å². The van der Waals surface area contributed by atoms with E-state index in [2.05, 4.69) is 10.6 Å². The highest BCUT2D eigenvalue weighted by atomic mass is 16.5. The van der Waals surface area contributed by atoms with E-state index >= 15 is 0 Å². The minimum atomic E-state index is -1.18. The second-order valence-corrected chi connectivity index (χ2v) is 7.26. The molecular weight excluding hydrogens is 340 g/mol. The number of hydrogen-bond acceptors (Lipinski definition) is 3. The molecule has 0 spiro atoms. The van der Waals surface area contributed by atoms with Crippen molar-refractivity contribution in [1.82, 2.24) is 5.32 Å². The normalized spacial score (nSPS) is 11.1. The van der Waals surface area contributed by atoms with Gasteiger partial charge in [-0.1, -0.05) is 30.3 Å². The van der Waals surface area contributed by atoms with Crippen molar-refractivity contribution in [2.75, 3.05) is 11.9 Å². The van der Waals surface area contributed by atoms with Gasteiger partial charge in [0.15, 0.2) is 0 Å². The van der Waals surface area contributed by atoms with E-state index in [0.29, 0.717) is 12.2 Å². The maximum Gasteiger partial charge on any atom is 0.239 e. The Labute approximate surface area is 161 Å². The maximum absolute atomic E-state index is 12.6. The number of carbonyl (C=O) groups excluding carboxylic acids is 2. The van der Waals surface area contributed by atoms with Crippen LogP contribution in [0.2, 0.25) is 0 Å². The molecule has 0 bridgehead atoms. The van der Waals surface area contributed by atoms with Gasteiger partial charge in [0.2, 0.25) is 11.8 Å². The maximum atomic E-state index is 12.6. The third kappa shape index (κ3) is 6.13. The van der Waals surface area contributed by atoms with Gasteiger partial charge in [-0.2, -0.15) is 0 Å². The Kier molecular flexibility index (Phi) is 6.99. The van der Waals surface area contributed by atoms with Crippen molar-refractivity contribution < 1.29 is 14.3 Å². The van der Waals surface area contributed by atoms with E-state index in [4.69, 9.17) is 4.74 Å². The van der Waals surface area contributed by atoms with Crippen molar-refractivity contribution in [3.05, 3.63) is 60.2 Å². The van der Waals surface area contributed by atoms with Gasteiger partial charge in [0.25, 0.3) is 0 Å². The topological polar surface area (TPSA) is 67.4 Å². The summed E-state index contributed by atoms with van der Waals surface area (Å²) in [6.45, 7) is 7.64. The number of hydrogen-bond donors (Lipinski definition) is 2. The van der Waals surface area contributed by atoms with E-state index in [1.807, 2.05) is 44.2 Å². The summed E-state index contributed by atoms with van der Waals surface area (Å²) in [6.07, 6.45) is 0.811. The third-order valence-electron chi connectivity index (χ3n) is 4.16. The molecule has 0 unspecified atom stereocenters. The van der Waals surface area contributed by atoms with Crippen LogP contribution in [0.1, 0.15) is 33.3 Å². The van der Waals surface area contributed by atoms with Gasteiger partial charge in [-0.15, -0.1) is 0 Å². The van der Waals surface area contributed by atoms with Gasteiger partial charge in [-0.3, -0.25) is 9.59 Å². The molecule has 0 aliphatic carbocycles. The predicted octanol–water partition coefficient (Wildman–Crippen LogP) is 3.80. The average Bonchev–Trinajstić information content (AvgIpc) is 2.63. The standard InChI is InChI=1S/C22H28N2O3/c1-16(2)27-19-12-10-18(11-13-19)24-21(26)22(3,4)20(25)23-15-14-17-8-6-5-7-9-17/h5-13,16H,14-15H2,1-4H3,(H,23,25)(H,24,26). The lowest BCUT2D eigenvalue weighted by molar-refractivity contribution is -0.138. The van der Waals surface area contributed by atoms with Crippen molar-refractivity contribution in [2.45, 2.75) is 40.2 Å². The summed E-state index contributed by atoms with van der Waals surface area (Å²) in [5.74, 6) is 0.0915. The Morgan fingerprint density at radius 1 is 0.963 bits per heavy atom. The first kappa shape index (κ1) is 20.5. The molecule has 2 aromatic rings. The Bertz CT molecular complexity index is 753. The molecule has 144 valence electrons. The molecule has 0 aliphatic rings. The molecule has 27 heavy (non-hydrogen) atoms. The summed E-state index contributed by atoms with van der Waals surface area (Å²) in [5, 5.41) is 5.65. The zero-order chi connectivity index (χ0) is 19.9. The molecule has 2 amide bonds. The molecule has 5 heteroatoms. The van der Waals surface area contributed by atoms with Gasteiger partial charge in [0, 0.05) is 12.2 Å². The number of ether oxygens (including phenoxy) is 1. The minimum Gasteiger partial charge on any atom is -0.491 e. The molecule has 2 N–H and O–H groups in total. The van der Waals surface area contributed by atoms with Crippen LogP contribution in [0.25, 0.3) is 0 Å². The van der Waals surface area contributed by atoms with Crippen LogP contribution in [0.5, 0.6) is 5.75 Å². The van der Waals surface area contributed by atoms with Crippen LogP contribution in [0, 0.1) is 5.41 Å². The highest BCUT2D eigenvalue weighted by molar-refractivity contribution is 6.09. The molecule has 2 aromatic carbocycles. The van der Waals surface area contributed by atoms with Gasteiger partial charge in [0.1, 0.15) is 11.2 Å². The van der Waals surface area contributed by atoms with Gasteiger partial charge in [-0.05, 0) is 63.9 Å². The Hall–Kier alpha value is -2.82. The molecule has 2 rings (SSSR count). The Morgan fingerprint density at radius 2 is 1.59 bits per heavy atom. The zero-order valence-electron chi connectivity index (χ0n) is 16.4. The van der Waals surface area contributed by atoms with Gasteiger partial charge >= 0.3 is 0 Å². The summed E-state index contributed by atoms with van der Waals surface area (Å²) in [4.78, 5) is 25.0. The summed E-state index contributed by atoms with van der Waals surface area (Å²) in [5.41, 5.74) is 0.592. The molecule has 0 radical (unpaired) electrons. The number of carbonyl (C=O) groups is 2. The smallest absolute Gasteiger partial charge is 0.239 e. The number of rotatable bonds is 8. The number of anilines is 1. The van der Waals surface area contributed by atoms with Crippen LogP contribution in [0.3, 0.4) is 0 Å². The van der Waals surface area contributed by atoms with Crippen molar-refractivity contribution in [2.24, 2.45) is 5.41 Å². The highest BCUT2D eigenvalue weighted by Crippen LogP contribution is 2.21. The van der Waals surface area contributed by atoms with E-state index in [1.165, 1.54) is 0 Å². The Balaban J connectivity index is 1.88. The zero-order valence-corrected chi connectivity index (χ0v) is 16.4. The van der Waals surface area contributed by atoms with Crippen LogP contribution < -0.4 is 15.4 Å². The quantitative estimate of drug-likeness (QED) is 0.697. The highest BCUT2D eigenvalue weighted by Gasteiger charge is 2.35. The molecular formula is C22H28N2O3. The van der Waals surface area contributed by atoms with Crippen LogP contribution in [-0.4, -0.2) is 24.5 Å². The largest absolute Gasteiger partial charge is 0.491 e. The summed E-state index contributed by atoms with van der Waals surface area (Å²) >= 11 is 0. The molecule has 0 saturated carbocycles. The second kappa shape index (κ2) is 9.21. The fourth-order valence-electron chi connectivity index (χ4n) is 2.47. The fraction of sp³-hybridized carbons (Fsp3) is 0.364. The fourth-order valence-corrected chi connectivity index (χ4v) is 2.47. The van der Waals surface area contributed by atoms with Crippen molar-refractivity contribution in [3.8, 4) is 5.75 Å². The average molecular weight is 368 g/mol. The predicted molar refractivity (Wildman–Crippen MR) is 108 cm³/mol. The van der Waals surface area contributed by atoms with Crippen LogP contribution in [0.15, 0.2) is 54.6 Å². The number of benzene rings is 2. The van der Waals surface area contributed by atoms with E-state index in [-0.39, 0.29) is 17.9 Å². The van der Waals surface area contributed by atoms with E-state index < -0.39 is 5.41 Å². The summed E-state index contributed by atoms with van der Waals surface area (Å²) < 4.78 is 5.58. The molecule has 0 fully saturated rings. The van der Waals surface area contributed by atoms with Crippen LogP contribution in [0.4, 0.5) is 5.69 Å². The number of nitrogens with one attached hydrogen (secondary N) is 2. The molecule has 0 heterocycles. The van der Waals surface area contributed by atoms with Crippen LogP contribution in [-0.2, 0) is 16.0 Å². The van der Waals surface area contributed by atoms with Gasteiger partial charge in [-0.25, -0.2) is 0 Å². The summed E-state index contributed by atoms with van der Waals surface area (Å²) in [7, 11) is 0. The van der Waals surface area contributed by atoms with E-state index in [9.17, 15) is 9.59 Å². The van der Waals surface area contributed by atoms with Crippen molar-refractivity contribution >= 4 is 17.5 Å². The monoisotopic (exact) mass is 368 g/mol. The molecule has 0 aliphatic heterocycles. The second-order valence-electron chi connectivity index (χ2n) is 7.26. The summed E-state index contributed by atoms with van der Waals surface area (Å²) in [6, 6.07) is 17.0. The molecule has 5 nitrogen and oxygen atoms in total. The minimum absolute atomic E-state index is 0.0870. The molecule has 0 atom stereocenters. The number of amides is 2. The lowest BCUT2D eigenvalue weighted by atomic mass is 9.91. The third-order valence-corrected chi connectivity index (χ3v) is 4.16. The SMILES string of the molecule is CC(C)Oc1ccc(NC(=O)C(C)(C)C(=O)NCCc2ccccc2)cc1. The lowest BCUT2D eigenvalue weighted by Gasteiger charge is -2.23. The Morgan fingerprint density at radius 3 is 2.19 bits per heavy atom. The van der Waals surface area contributed by atoms with E-state index in [0.717, 1.165) is 17.7 Å². The molecule has 0 saturated heterocycles. The van der Waals surface area contributed by atoms with E-state index in [1.54, 1.807) is 38.1 Å². The first-order chi connectivity index (χ1) is 12.8. The molecule has 0 aromatic heterocycles. The van der Waals surface area contributed by atoms with Crippen molar-refractivity contribution in [3.63, 3.8) is 0 Å². The first-order valence-corrected chi connectivity index (χ1v) is 9.19. The first-order valence-electron chi connectivity index (χ1n) is 9.19.